The van der Waals surface area contributed by atoms with E-state index in [4.69, 9.17) is 10.00 Å². The van der Waals surface area contributed by atoms with Gasteiger partial charge in [-0.25, -0.2) is 14.4 Å². The predicted molar refractivity (Wildman–Crippen MR) is 67.9 cm³/mol. The van der Waals surface area contributed by atoms with Crippen LogP contribution < -0.4 is 4.74 Å². The molecule has 1 heterocycles. The summed E-state index contributed by atoms with van der Waals surface area (Å²) in [7, 11) is 1.52. The lowest BCUT2D eigenvalue weighted by molar-refractivity contribution is 0.415. The largest absolute Gasteiger partial charge is 0.496 e. The number of ether oxygens (including phenoxy) is 1. The van der Waals surface area contributed by atoms with Gasteiger partial charge in [-0.05, 0) is 24.3 Å². The fourth-order valence-corrected chi connectivity index (χ4v) is 1.72. The van der Waals surface area contributed by atoms with E-state index in [2.05, 4.69) is 9.97 Å². The molecule has 1 aromatic heterocycles. The van der Waals surface area contributed by atoms with Crippen LogP contribution in [0.25, 0.3) is 11.3 Å². The van der Waals surface area contributed by atoms with Gasteiger partial charge in [-0.1, -0.05) is 0 Å². The maximum Gasteiger partial charge on any atom is 0.129 e. The average molecular weight is 257 g/mol. The summed E-state index contributed by atoms with van der Waals surface area (Å²) in [5.41, 5.74) is 1.15. The normalized spacial score (nSPS) is 9.95. The molecule has 5 heteroatoms. The molecule has 4 nitrogen and oxygen atoms in total. The SMILES string of the molecule is COc1ccc(F)cc1-c1ccnc(CCC#N)n1. The number of nitrogens with zero attached hydrogens (tertiary/aromatic N) is 3. The summed E-state index contributed by atoms with van der Waals surface area (Å²) in [6.45, 7) is 0. The average Bonchev–Trinajstić information content (AvgIpc) is 2.45. The molecule has 1 aromatic carbocycles. The van der Waals surface area contributed by atoms with Crippen LogP contribution in [0.1, 0.15) is 12.2 Å². The van der Waals surface area contributed by atoms with Gasteiger partial charge in [-0.15, -0.1) is 0 Å². The van der Waals surface area contributed by atoms with Crippen LogP contribution in [0.3, 0.4) is 0 Å². The predicted octanol–water partition coefficient (Wildman–Crippen LogP) is 2.75. The first-order valence-corrected chi connectivity index (χ1v) is 5.77. The van der Waals surface area contributed by atoms with Gasteiger partial charge in [-0.3, -0.25) is 0 Å². The Kier molecular flexibility index (Phi) is 4.04. The second-order valence-electron chi connectivity index (χ2n) is 3.86. The van der Waals surface area contributed by atoms with Crippen LogP contribution in [0.4, 0.5) is 4.39 Å². The van der Waals surface area contributed by atoms with E-state index in [9.17, 15) is 4.39 Å². The highest BCUT2D eigenvalue weighted by atomic mass is 19.1. The highest BCUT2D eigenvalue weighted by Gasteiger charge is 2.09. The fraction of sp³-hybridized carbons (Fsp3) is 0.214. The summed E-state index contributed by atoms with van der Waals surface area (Å²) in [5, 5.41) is 8.56. The summed E-state index contributed by atoms with van der Waals surface area (Å²) in [6, 6.07) is 7.99. The number of benzene rings is 1. The summed E-state index contributed by atoms with van der Waals surface area (Å²) >= 11 is 0. The van der Waals surface area contributed by atoms with Crippen molar-refractivity contribution in [2.45, 2.75) is 12.8 Å². The Balaban J connectivity index is 2.41. The van der Waals surface area contributed by atoms with Crippen LogP contribution in [0.5, 0.6) is 5.75 Å². The maximum atomic E-state index is 13.3. The zero-order valence-corrected chi connectivity index (χ0v) is 10.4. The third kappa shape index (κ3) is 3.05. The van der Waals surface area contributed by atoms with Crippen LogP contribution in [-0.4, -0.2) is 17.1 Å². The summed E-state index contributed by atoms with van der Waals surface area (Å²) < 4.78 is 18.5. The van der Waals surface area contributed by atoms with E-state index in [1.165, 1.54) is 19.2 Å². The first-order valence-electron chi connectivity index (χ1n) is 5.77. The molecule has 0 fully saturated rings. The summed E-state index contributed by atoms with van der Waals surface area (Å²) in [6.07, 6.45) is 2.42. The molecule has 0 amide bonds. The van der Waals surface area contributed by atoms with Crippen LogP contribution in [-0.2, 0) is 6.42 Å². The van der Waals surface area contributed by atoms with E-state index < -0.39 is 0 Å². The maximum absolute atomic E-state index is 13.3. The van der Waals surface area contributed by atoms with Crippen molar-refractivity contribution in [1.29, 1.82) is 5.26 Å². The molecule has 2 rings (SSSR count). The molecule has 2 aromatic rings. The lowest BCUT2D eigenvalue weighted by atomic mass is 10.1. The zero-order chi connectivity index (χ0) is 13.7. The number of hydrogen-bond acceptors (Lipinski definition) is 4. The lowest BCUT2D eigenvalue weighted by Gasteiger charge is -2.08. The minimum Gasteiger partial charge on any atom is -0.496 e. The number of nitriles is 1. The number of halogens is 1. The molecule has 0 bridgehead atoms. The molecule has 0 saturated heterocycles. The van der Waals surface area contributed by atoms with Gasteiger partial charge < -0.3 is 4.74 Å². The van der Waals surface area contributed by atoms with Crippen molar-refractivity contribution in [3.8, 4) is 23.1 Å². The van der Waals surface area contributed by atoms with Gasteiger partial charge in [-0.2, -0.15) is 5.26 Å². The van der Waals surface area contributed by atoms with Gasteiger partial charge in [0.15, 0.2) is 0 Å². The Bertz CT molecular complexity index is 622. The highest BCUT2D eigenvalue weighted by molar-refractivity contribution is 5.66. The molecule has 0 radical (unpaired) electrons. The van der Waals surface area contributed by atoms with Crippen LogP contribution >= 0.6 is 0 Å². The Labute approximate surface area is 110 Å². The van der Waals surface area contributed by atoms with Crippen molar-refractivity contribution in [2.75, 3.05) is 7.11 Å². The Morgan fingerprint density at radius 2 is 2.21 bits per heavy atom. The molecule has 0 aliphatic heterocycles. The van der Waals surface area contributed by atoms with E-state index in [1.807, 2.05) is 6.07 Å². The Morgan fingerprint density at radius 3 is 2.95 bits per heavy atom. The van der Waals surface area contributed by atoms with Crippen molar-refractivity contribution in [1.82, 2.24) is 9.97 Å². The van der Waals surface area contributed by atoms with Gasteiger partial charge in [0.05, 0.1) is 18.9 Å². The Hall–Kier alpha value is -2.48. The molecule has 0 atom stereocenters. The minimum atomic E-state index is -0.354. The van der Waals surface area contributed by atoms with E-state index in [1.54, 1.807) is 18.3 Å². The fourth-order valence-electron chi connectivity index (χ4n) is 1.72. The minimum absolute atomic E-state index is 0.351. The van der Waals surface area contributed by atoms with E-state index >= 15 is 0 Å². The molecule has 0 saturated carbocycles. The molecule has 0 unspecified atom stereocenters. The molecule has 0 spiro atoms. The van der Waals surface area contributed by atoms with Crippen LogP contribution in [0.2, 0.25) is 0 Å². The van der Waals surface area contributed by atoms with Gasteiger partial charge in [0, 0.05) is 24.6 Å². The van der Waals surface area contributed by atoms with Crippen molar-refractivity contribution in [2.24, 2.45) is 0 Å². The number of aromatic nitrogens is 2. The smallest absolute Gasteiger partial charge is 0.129 e. The molecule has 0 N–H and O–H groups in total. The van der Waals surface area contributed by atoms with Gasteiger partial charge in [0.1, 0.15) is 17.4 Å². The first kappa shape index (κ1) is 13.0. The first-order chi connectivity index (χ1) is 9.24. The van der Waals surface area contributed by atoms with Crippen molar-refractivity contribution in [3.63, 3.8) is 0 Å². The summed E-state index contributed by atoms with van der Waals surface area (Å²) in [4.78, 5) is 8.40. The Morgan fingerprint density at radius 1 is 1.37 bits per heavy atom. The molecule has 0 aliphatic carbocycles. The van der Waals surface area contributed by atoms with Gasteiger partial charge in [0.2, 0.25) is 0 Å². The molecular formula is C14H12FN3O. The van der Waals surface area contributed by atoms with Crippen LogP contribution in [0.15, 0.2) is 30.5 Å². The van der Waals surface area contributed by atoms with Crippen LogP contribution in [0, 0.1) is 17.1 Å². The highest BCUT2D eigenvalue weighted by Crippen LogP contribution is 2.29. The van der Waals surface area contributed by atoms with E-state index in [0.29, 0.717) is 35.7 Å². The number of aryl methyl sites for hydroxylation is 1. The van der Waals surface area contributed by atoms with Crippen molar-refractivity contribution in [3.05, 3.63) is 42.1 Å². The summed E-state index contributed by atoms with van der Waals surface area (Å²) in [5.74, 6) is 0.754. The molecule has 0 aliphatic rings. The van der Waals surface area contributed by atoms with E-state index in [-0.39, 0.29) is 5.82 Å². The topological polar surface area (TPSA) is 58.8 Å². The molecule has 19 heavy (non-hydrogen) atoms. The second-order valence-corrected chi connectivity index (χ2v) is 3.86. The molecule has 96 valence electrons. The van der Waals surface area contributed by atoms with Crippen molar-refractivity contribution < 1.29 is 9.13 Å². The third-order valence-electron chi connectivity index (χ3n) is 2.60. The number of methoxy groups -OCH3 is 1. The quantitative estimate of drug-likeness (QED) is 0.845. The standard InChI is InChI=1S/C14H12FN3O/c1-19-13-5-4-10(15)9-11(13)12-6-8-17-14(18-12)3-2-7-16/h4-6,8-9H,2-3H2,1H3. The van der Waals surface area contributed by atoms with Crippen molar-refractivity contribution >= 4 is 0 Å². The zero-order valence-electron chi connectivity index (χ0n) is 10.4. The second kappa shape index (κ2) is 5.91. The number of rotatable bonds is 4. The van der Waals surface area contributed by atoms with Gasteiger partial charge >= 0.3 is 0 Å². The molecular weight excluding hydrogens is 245 g/mol. The van der Waals surface area contributed by atoms with E-state index in [0.717, 1.165) is 0 Å². The number of hydrogen-bond donors (Lipinski definition) is 0. The monoisotopic (exact) mass is 257 g/mol. The van der Waals surface area contributed by atoms with Gasteiger partial charge in [0.25, 0.3) is 0 Å². The third-order valence-corrected chi connectivity index (χ3v) is 2.60. The lowest BCUT2D eigenvalue weighted by Crippen LogP contribution is -1.97.